The van der Waals surface area contributed by atoms with Gasteiger partial charge in [0, 0.05) is 12.0 Å². The maximum absolute atomic E-state index is 12.4. The lowest BCUT2D eigenvalue weighted by Crippen LogP contribution is -2.29. The second-order valence-corrected chi connectivity index (χ2v) is 3.73. The maximum Gasteiger partial charge on any atom is 0.322 e. The van der Waals surface area contributed by atoms with E-state index in [0.29, 0.717) is 6.42 Å². The first kappa shape index (κ1) is 17.6. The molecule has 0 saturated heterocycles. The summed E-state index contributed by atoms with van der Waals surface area (Å²) in [4.78, 5) is 30.9. The smallest absolute Gasteiger partial charge is 0.322 e. The largest absolute Gasteiger partial charge is 0.481 e. The van der Waals surface area contributed by atoms with Gasteiger partial charge in [0.25, 0.3) is 5.91 Å². The third-order valence-corrected chi connectivity index (χ3v) is 1.97. The molecule has 0 aliphatic carbocycles. The topological polar surface area (TPSA) is 104 Å². The molecule has 3 N–H and O–H groups in total. The molecule has 20 heavy (non-hydrogen) atoms. The quantitative estimate of drug-likeness (QED) is 0.760. The highest BCUT2D eigenvalue weighted by Crippen LogP contribution is 2.01. The van der Waals surface area contributed by atoms with E-state index in [-0.39, 0.29) is 5.56 Å². The highest BCUT2D eigenvalue weighted by molar-refractivity contribution is 5.95. The number of hydrogen-bond donors (Lipinski definition) is 3. The van der Waals surface area contributed by atoms with E-state index < -0.39 is 30.2 Å². The summed E-state index contributed by atoms with van der Waals surface area (Å²) >= 11 is 0. The van der Waals surface area contributed by atoms with Gasteiger partial charge in [0.2, 0.25) is 0 Å². The Labute approximate surface area is 115 Å². The predicted octanol–water partition coefficient (Wildman–Crippen LogP) is 1.51. The molecule has 110 valence electrons. The van der Waals surface area contributed by atoms with Crippen LogP contribution in [0.25, 0.3) is 0 Å². The Hall–Kier alpha value is -2.44. The van der Waals surface area contributed by atoms with Crippen molar-refractivity contribution in [3.63, 3.8) is 0 Å². The molecular formula is C13H16FNO5. The van der Waals surface area contributed by atoms with E-state index >= 15 is 0 Å². The number of amides is 1. The van der Waals surface area contributed by atoms with Gasteiger partial charge in [0.05, 0.1) is 0 Å². The summed E-state index contributed by atoms with van der Waals surface area (Å²) in [5.74, 6) is -2.81. The lowest BCUT2D eigenvalue weighted by atomic mass is 10.2. The van der Waals surface area contributed by atoms with Crippen molar-refractivity contribution >= 4 is 17.8 Å². The van der Waals surface area contributed by atoms with E-state index in [9.17, 15) is 18.8 Å². The molecule has 0 unspecified atom stereocenters. The summed E-state index contributed by atoms with van der Waals surface area (Å²) in [7, 11) is 0. The molecule has 0 radical (unpaired) electrons. The first-order chi connectivity index (χ1) is 9.36. The minimum absolute atomic E-state index is 0.229. The van der Waals surface area contributed by atoms with Gasteiger partial charge in [-0.3, -0.25) is 14.4 Å². The zero-order chi connectivity index (χ0) is 15.5. The van der Waals surface area contributed by atoms with Crippen LogP contribution in [0.4, 0.5) is 4.39 Å². The van der Waals surface area contributed by atoms with E-state index in [2.05, 4.69) is 5.32 Å². The number of nitrogens with one attached hydrogen (secondary N) is 1. The van der Waals surface area contributed by atoms with Crippen LogP contribution in [0.15, 0.2) is 24.3 Å². The second-order valence-electron chi connectivity index (χ2n) is 3.73. The van der Waals surface area contributed by atoms with Crippen LogP contribution < -0.4 is 5.32 Å². The van der Waals surface area contributed by atoms with Crippen molar-refractivity contribution in [2.75, 3.05) is 6.54 Å². The van der Waals surface area contributed by atoms with Gasteiger partial charge in [-0.05, 0) is 30.7 Å². The highest BCUT2D eigenvalue weighted by atomic mass is 19.1. The van der Waals surface area contributed by atoms with Crippen molar-refractivity contribution in [2.24, 2.45) is 0 Å². The maximum atomic E-state index is 12.4. The Morgan fingerprint density at radius 1 is 1.10 bits per heavy atom. The molecule has 0 aliphatic rings. The van der Waals surface area contributed by atoms with E-state index in [1.807, 2.05) is 6.92 Å². The van der Waals surface area contributed by atoms with Crippen molar-refractivity contribution in [3.05, 3.63) is 35.6 Å². The van der Waals surface area contributed by atoms with E-state index in [1.165, 1.54) is 12.1 Å². The molecule has 0 saturated carbocycles. The normalized spacial score (nSPS) is 9.10. The molecule has 0 aliphatic heterocycles. The molecular weight excluding hydrogens is 269 g/mol. The fourth-order valence-electron chi connectivity index (χ4n) is 1.07. The highest BCUT2D eigenvalue weighted by Gasteiger charge is 2.06. The number of carboxylic acids is 2. The Bertz CT molecular complexity index is 458. The first-order valence-corrected chi connectivity index (χ1v) is 5.84. The van der Waals surface area contributed by atoms with Crippen LogP contribution in [0.2, 0.25) is 0 Å². The number of benzene rings is 1. The van der Waals surface area contributed by atoms with E-state index in [4.69, 9.17) is 10.2 Å². The van der Waals surface area contributed by atoms with Gasteiger partial charge >= 0.3 is 11.9 Å². The Balaban J connectivity index is 0.000000511. The Morgan fingerprint density at radius 2 is 1.65 bits per heavy atom. The monoisotopic (exact) mass is 285 g/mol. The number of hydrogen-bond acceptors (Lipinski definition) is 3. The number of aliphatic carboxylic acids is 2. The summed E-state index contributed by atoms with van der Waals surface area (Å²) < 4.78 is 12.4. The average Bonchev–Trinajstić information content (AvgIpc) is 2.37. The molecule has 0 fully saturated rings. The molecule has 0 bridgehead atoms. The predicted molar refractivity (Wildman–Crippen MR) is 68.9 cm³/mol. The van der Waals surface area contributed by atoms with Gasteiger partial charge in [0.1, 0.15) is 12.4 Å². The number of carbonyl (C=O) groups excluding carboxylic acids is 1. The molecule has 0 heterocycles. The molecule has 6 nitrogen and oxygen atoms in total. The summed E-state index contributed by atoms with van der Waals surface area (Å²) in [5, 5.41) is 18.3. The molecule has 1 aromatic rings. The molecule has 1 amide bonds. The molecule has 1 rings (SSSR count). The molecule has 0 aromatic heterocycles. The van der Waals surface area contributed by atoms with Crippen LogP contribution in [0.1, 0.15) is 30.1 Å². The minimum atomic E-state index is -1.12. The lowest BCUT2D eigenvalue weighted by molar-refractivity contribution is -0.137. The average molecular weight is 285 g/mol. The van der Waals surface area contributed by atoms with Crippen molar-refractivity contribution < 1.29 is 29.0 Å². The van der Waals surface area contributed by atoms with Crippen LogP contribution >= 0.6 is 0 Å². The zero-order valence-electron chi connectivity index (χ0n) is 10.9. The van der Waals surface area contributed by atoms with Gasteiger partial charge in [0.15, 0.2) is 0 Å². The van der Waals surface area contributed by atoms with Gasteiger partial charge in [-0.2, -0.15) is 0 Å². The summed E-state index contributed by atoms with van der Waals surface area (Å²) in [6.45, 7) is 1.39. The first-order valence-electron chi connectivity index (χ1n) is 5.84. The van der Waals surface area contributed by atoms with E-state index in [1.54, 1.807) is 0 Å². The minimum Gasteiger partial charge on any atom is -0.481 e. The number of halogens is 1. The van der Waals surface area contributed by atoms with Gasteiger partial charge in [-0.15, -0.1) is 0 Å². The van der Waals surface area contributed by atoms with Crippen LogP contribution in [0, 0.1) is 5.82 Å². The number of carboxylic acid groups (broad SMARTS) is 2. The SMILES string of the molecule is CCCC(=O)O.O=C(O)CNC(=O)c1ccc(F)cc1. The molecule has 0 spiro atoms. The fourth-order valence-corrected chi connectivity index (χ4v) is 1.07. The van der Waals surface area contributed by atoms with Crippen LogP contribution in [0.5, 0.6) is 0 Å². The molecule has 1 aromatic carbocycles. The third kappa shape index (κ3) is 8.62. The fraction of sp³-hybridized carbons (Fsp3) is 0.308. The Kier molecular flexibility index (Phi) is 8.33. The van der Waals surface area contributed by atoms with Crippen molar-refractivity contribution in [1.29, 1.82) is 0 Å². The standard InChI is InChI=1S/C9H8FNO3.C4H8O2/c10-7-3-1-6(2-4-7)9(14)11-5-8(12)13;1-2-3-4(5)6/h1-4H,5H2,(H,11,14)(H,12,13);2-3H2,1H3,(H,5,6). The lowest BCUT2D eigenvalue weighted by Gasteiger charge is -2.01. The zero-order valence-corrected chi connectivity index (χ0v) is 10.9. The van der Waals surface area contributed by atoms with Gasteiger partial charge in [-0.25, -0.2) is 4.39 Å². The molecule has 7 heteroatoms. The number of carbonyl (C=O) groups is 3. The third-order valence-electron chi connectivity index (χ3n) is 1.97. The van der Waals surface area contributed by atoms with Crippen molar-refractivity contribution in [2.45, 2.75) is 19.8 Å². The summed E-state index contributed by atoms with van der Waals surface area (Å²) in [6.07, 6.45) is 1.02. The summed E-state index contributed by atoms with van der Waals surface area (Å²) in [5.41, 5.74) is 0.229. The van der Waals surface area contributed by atoms with E-state index in [0.717, 1.165) is 18.6 Å². The van der Waals surface area contributed by atoms with Crippen molar-refractivity contribution in [1.82, 2.24) is 5.32 Å². The van der Waals surface area contributed by atoms with Crippen molar-refractivity contribution in [3.8, 4) is 0 Å². The van der Waals surface area contributed by atoms with Gasteiger partial charge < -0.3 is 15.5 Å². The van der Waals surface area contributed by atoms with Crippen LogP contribution in [0.3, 0.4) is 0 Å². The van der Waals surface area contributed by atoms with Crippen LogP contribution in [-0.4, -0.2) is 34.6 Å². The Morgan fingerprint density at radius 3 is 2.00 bits per heavy atom. The second kappa shape index (κ2) is 9.48. The van der Waals surface area contributed by atoms with Crippen LogP contribution in [-0.2, 0) is 9.59 Å². The molecule has 0 atom stereocenters. The number of rotatable bonds is 5. The van der Waals surface area contributed by atoms with Gasteiger partial charge in [-0.1, -0.05) is 6.92 Å². The summed E-state index contributed by atoms with van der Waals surface area (Å²) in [6, 6.07) is 4.84.